The van der Waals surface area contributed by atoms with Gasteiger partial charge < -0.3 is 4.90 Å². The lowest BCUT2D eigenvalue weighted by atomic mass is 10.0. The van der Waals surface area contributed by atoms with Crippen molar-refractivity contribution in [3.8, 4) is 0 Å². The number of benzene rings is 2. The highest BCUT2D eigenvalue weighted by molar-refractivity contribution is 7.91. The molecule has 0 aliphatic carbocycles. The average Bonchev–Trinajstić information content (AvgIpc) is 2.86. The zero-order valence-electron chi connectivity index (χ0n) is 12.5. The lowest BCUT2D eigenvalue weighted by Gasteiger charge is -2.23. The van der Waals surface area contributed by atoms with E-state index in [1.54, 1.807) is 11.9 Å². The van der Waals surface area contributed by atoms with Gasteiger partial charge in [0.1, 0.15) is 0 Å². The number of nitrogens with zero attached hydrogens (tertiary/aromatic N) is 1. The molecule has 0 saturated carbocycles. The van der Waals surface area contributed by atoms with Crippen LogP contribution in [0.2, 0.25) is 0 Å². The van der Waals surface area contributed by atoms with Crippen molar-refractivity contribution < 1.29 is 13.2 Å². The molecule has 0 radical (unpaired) electrons. The van der Waals surface area contributed by atoms with Crippen molar-refractivity contribution in [1.29, 1.82) is 0 Å². The van der Waals surface area contributed by atoms with Crippen LogP contribution in [0.3, 0.4) is 0 Å². The molecule has 0 bridgehead atoms. The molecule has 0 N–H and O–H groups in total. The van der Waals surface area contributed by atoms with Gasteiger partial charge in [0.05, 0.1) is 17.9 Å². The number of amides is 1. The fraction of sp³-hybridized carbons (Fsp3) is 0.353. The molecule has 1 amide bonds. The second kappa shape index (κ2) is 5.72. The minimum atomic E-state index is -2.97. The van der Waals surface area contributed by atoms with Gasteiger partial charge in [-0.15, -0.1) is 0 Å². The number of fused-ring (bicyclic) bond motifs is 1. The quantitative estimate of drug-likeness (QED) is 0.870. The second-order valence-corrected chi connectivity index (χ2v) is 8.15. The summed E-state index contributed by atoms with van der Waals surface area (Å²) < 4.78 is 23.1. The molecule has 1 atom stereocenters. The average molecular weight is 317 g/mol. The molecule has 1 fully saturated rings. The van der Waals surface area contributed by atoms with Crippen LogP contribution in [0.15, 0.2) is 42.5 Å². The van der Waals surface area contributed by atoms with E-state index in [1.807, 2.05) is 42.5 Å². The third-order valence-corrected chi connectivity index (χ3v) is 6.07. The number of carbonyl (C=O) groups is 1. The summed E-state index contributed by atoms with van der Waals surface area (Å²) in [6.45, 7) is 0. The summed E-state index contributed by atoms with van der Waals surface area (Å²) in [5.74, 6) is 0.246. The number of hydrogen-bond donors (Lipinski definition) is 0. The summed E-state index contributed by atoms with van der Waals surface area (Å²) in [5, 5.41) is 2.26. The van der Waals surface area contributed by atoms with Crippen molar-refractivity contribution in [3.05, 3.63) is 48.0 Å². The van der Waals surface area contributed by atoms with Crippen LogP contribution in [0.5, 0.6) is 0 Å². The first-order valence-electron chi connectivity index (χ1n) is 7.38. The Morgan fingerprint density at radius 3 is 2.59 bits per heavy atom. The van der Waals surface area contributed by atoms with Gasteiger partial charge in [-0.1, -0.05) is 42.5 Å². The van der Waals surface area contributed by atoms with E-state index >= 15 is 0 Å². The SMILES string of the molecule is CN(C(=O)Cc1ccc2ccccc2c1)[C@@H]1CCS(=O)(=O)C1. The Labute approximate surface area is 130 Å². The lowest BCUT2D eigenvalue weighted by molar-refractivity contribution is -0.130. The van der Waals surface area contributed by atoms with Gasteiger partial charge in [-0.2, -0.15) is 0 Å². The maximum absolute atomic E-state index is 12.4. The largest absolute Gasteiger partial charge is 0.341 e. The van der Waals surface area contributed by atoms with E-state index in [1.165, 1.54) is 0 Å². The van der Waals surface area contributed by atoms with E-state index in [0.29, 0.717) is 12.8 Å². The normalized spacial score (nSPS) is 20.1. The summed E-state index contributed by atoms with van der Waals surface area (Å²) in [7, 11) is -1.27. The summed E-state index contributed by atoms with van der Waals surface area (Å²) in [5.41, 5.74) is 0.955. The predicted octanol–water partition coefficient (Wildman–Crippen LogP) is 2.03. The van der Waals surface area contributed by atoms with Gasteiger partial charge in [0, 0.05) is 13.1 Å². The van der Waals surface area contributed by atoms with E-state index in [-0.39, 0.29) is 23.5 Å². The highest BCUT2D eigenvalue weighted by atomic mass is 32.2. The number of likely N-dealkylation sites (N-methyl/N-ethyl adjacent to an activating group) is 1. The summed E-state index contributed by atoms with van der Waals surface area (Å²) in [6.07, 6.45) is 0.847. The first-order chi connectivity index (χ1) is 10.4. The molecule has 116 valence electrons. The van der Waals surface area contributed by atoms with Crippen molar-refractivity contribution >= 4 is 26.5 Å². The van der Waals surface area contributed by atoms with E-state index < -0.39 is 9.84 Å². The zero-order chi connectivity index (χ0) is 15.7. The molecule has 5 heteroatoms. The Morgan fingerprint density at radius 2 is 1.91 bits per heavy atom. The third kappa shape index (κ3) is 3.14. The molecule has 3 rings (SSSR count). The Morgan fingerprint density at radius 1 is 1.18 bits per heavy atom. The topological polar surface area (TPSA) is 54.5 Å². The van der Waals surface area contributed by atoms with Gasteiger partial charge >= 0.3 is 0 Å². The molecule has 1 aliphatic rings. The van der Waals surface area contributed by atoms with Crippen molar-refractivity contribution in [2.24, 2.45) is 0 Å². The number of hydrogen-bond acceptors (Lipinski definition) is 3. The Kier molecular flexibility index (Phi) is 3.91. The maximum Gasteiger partial charge on any atom is 0.227 e. The number of sulfone groups is 1. The van der Waals surface area contributed by atoms with Gasteiger partial charge in [0.15, 0.2) is 9.84 Å². The second-order valence-electron chi connectivity index (χ2n) is 5.92. The fourth-order valence-corrected chi connectivity index (χ4v) is 4.71. The molecule has 2 aromatic carbocycles. The molecule has 0 aromatic heterocycles. The molecule has 0 unspecified atom stereocenters. The number of carbonyl (C=O) groups excluding carboxylic acids is 1. The Bertz CT molecular complexity index is 814. The summed E-state index contributed by atoms with van der Waals surface area (Å²) >= 11 is 0. The highest BCUT2D eigenvalue weighted by Gasteiger charge is 2.32. The first-order valence-corrected chi connectivity index (χ1v) is 9.20. The van der Waals surface area contributed by atoms with E-state index in [4.69, 9.17) is 0 Å². The third-order valence-electron chi connectivity index (χ3n) is 4.32. The molecule has 1 saturated heterocycles. The Hall–Kier alpha value is -1.88. The molecule has 1 aliphatic heterocycles. The molecule has 2 aromatic rings. The van der Waals surface area contributed by atoms with Crippen molar-refractivity contribution in [2.45, 2.75) is 18.9 Å². The maximum atomic E-state index is 12.4. The van der Waals surface area contributed by atoms with Crippen LogP contribution in [-0.4, -0.2) is 43.8 Å². The standard InChI is InChI=1S/C17H19NO3S/c1-18(16-8-9-22(20,21)12-16)17(19)11-13-6-7-14-4-2-3-5-15(14)10-13/h2-7,10,16H,8-9,11-12H2,1H3/t16-/m1/s1. The fourth-order valence-electron chi connectivity index (χ4n) is 2.93. The summed E-state index contributed by atoms with van der Waals surface area (Å²) in [4.78, 5) is 14.0. The minimum Gasteiger partial charge on any atom is -0.341 e. The molecule has 4 nitrogen and oxygen atoms in total. The lowest BCUT2D eigenvalue weighted by Crippen LogP contribution is -2.38. The van der Waals surface area contributed by atoms with Gasteiger partial charge in [-0.3, -0.25) is 4.79 Å². The molecular weight excluding hydrogens is 298 g/mol. The van der Waals surface area contributed by atoms with Crippen LogP contribution in [0, 0.1) is 0 Å². The smallest absolute Gasteiger partial charge is 0.227 e. The van der Waals surface area contributed by atoms with Crippen molar-refractivity contribution in [2.75, 3.05) is 18.6 Å². The van der Waals surface area contributed by atoms with Gasteiger partial charge in [-0.05, 0) is 22.8 Å². The van der Waals surface area contributed by atoms with E-state index in [2.05, 4.69) is 0 Å². The minimum absolute atomic E-state index is 0.0302. The predicted molar refractivity (Wildman–Crippen MR) is 87.5 cm³/mol. The van der Waals surface area contributed by atoms with Crippen LogP contribution >= 0.6 is 0 Å². The molecule has 1 heterocycles. The Balaban J connectivity index is 1.72. The highest BCUT2D eigenvalue weighted by Crippen LogP contribution is 2.19. The van der Waals surface area contributed by atoms with Crippen molar-refractivity contribution in [1.82, 2.24) is 4.90 Å². The van der Waals surface area contributed by atoms with E-state index in [0.717, 1.165) is 16.3 Å². The van der Waals surface area contributed by atoms with Crippen LogP contribution in [-0.2, 0) is 21.1 Å². The monoisotopic (exact) mass is 317 g/mol. The molecule has 0 spiro atoms. The van der Waals surface area contributed by atoms with Gasteiger partial charge in [0.2, 0.25) is 5.91 Å². The van der Waals surface area contributed by atoms with E-state index in [9.17, 15) is 13.2 Å². The molecule has 22 heavy (non-hydrogen) atoms. The first kappa shape index (κ1) is 15.0. The van der Waals surface area contributed by atoms with Gasteiger partial charge in [-0.25, -0.2) is 8.42 Å². The van der Waals surface area contributed by atoms with Crippen LogP contribution < -0.4 is 0 Å². The number of rotatable bonds is 3. The zero-order valence-corrected chi connectivity index (χ0v) is 13.3. The summed E-state index contributed by atoms with van der Waals surface area (Å²) in [6, 6.07) is 13.8. The van der Waals surface area contributed by atoms with Crippen molar-refractivity contribution in [3.63, 3.8) is 0 Å². The molecular formula is C17H19NO3S. The van der Waals surface area contributed by atoms with Crippen LogP contribution in [0.1, 0.15) is 12.0 Å². The van der Waals surface area contributed by atoms with Crippen LogP contribution in [0.25, 0.3) is 10.8 Å². The van der Waals surface area contributed by atoms with Crippen LogP contribution in [0.4, 0.5) is 0 Å². The van der Waals surface area contributed by atoms with Gasteiger partial charge in [0.25, 0.3) is 0 Å².